The molecule has 0 spiro atoms. The van der Waals surface area contributed by atoms with Crippen LogP contribution in [0.25, 0.3) is 0 Å². The van der Waals surface area contributed by atoms with Crippen molar-refractivity contribution in [2.45, 2.75) is 206 Å². The lowest BCUT2D eigenvalue weighted by Gasteiger charge is -2.46. The second-order valence-electron chi connectivity index (χ2n) is 16.7. The van der Waals surface area contributed by atoms with E-state index in [2.05, 4.69) is 29.1 Å². The monoisotopic (exact) mass is 745 g/mol. The highest BCUT2D eigenvalue weighted by atomic mass is 32.1. The molecule has 0 radical (unpaired) electrons. The Morgan fingerprint density at radius 1 is 0.712 bits per heavy atom. The third kappa shape index (κ3) is 20.8. The Hall–Kier alpha value is -1.47. The highest BCUT2D eigenvalue weighted by Crippen LogP contribution is 2.52. The minimum absolute atomic E-state index is 0.00305. The van der Waals surface area contributed by atoms with Crippen molar-refractivity contribution in [2.75, 3.05) is 32.8 Å². The molecule has 2 bridgehead atoms. The van der Waals surface area contributed by atoms with Crippen LogP contribution in [0.15, 0.2) is 11.6 Å². The average molecular weight is 745 g/mol. The number of ether oxygens (including phenoxy) is 2. The van der Waals surface area contributed by atoms with E-state index in [-0.39, 0.29) is 11.9 Å². The summed E-state index contributed by atoms with van der Waals surface area (Å²) < 4.78 is 11.3. The van der Waals surface area contributed by atoms with E-state index in [1.807, 2.05) is 6.20 Å². The Morgan fingerprint density at radius 2 is 1.25 bits per heavy atom. The highest BCUT2D eigenvalue weighted by Gasteiger charge is 2.40. The first-order chi connectivity index (χ1) is 25.5. The molecule has 3 aliphatic rings. The first-order valence-corrected chi connectivity index (χ1v) is 23.3. The first-order valence-electron chi connectivity index (χ1n) is 22.4. The highest BCUT2D eigenvalue weighted by molar-refractivity contribution is 7.09. The largest absolute Gasteiger partial charge is 0.466 e. The number of thiazole rings is 1. The van der Waals surface area contributed by atoms with Crippen LogP contribution < -0.4 is 0 Å². The fourth-order valence-corrected chi connectivity index (χ4v) is 9.48. The van der Waals surface area contributed by atoms with Crippen LogP contribution in [0.2, 0.25) is 0 Å². The topological polar surface area (TPSA) is 68.7 Å². The summed E-state index contributed by atoms with van der Waals surface area (Å²) in [6.07, 6.45) is 37.5. The van der Waals surface area contributed by atoms with E-state index in [1.165, 1.54) is 133 Å². The molecule has 300 valence electrons. The summed E-state index contributed by atoms with van der Waals surface area (Å²) in [5, 5.41) is 3.32. The summed E-state index contributed by atoms with van der Waals surface area (Å²) in [7, 11) is 0. The first kappa shape index (κ1) is 44.9. The van der Waals surface area contributed by atoms with E-state index in [4.69, 9.17) is 9.47 Å². The second kappa shape index (κ2) is 28.9. The van der Waals surface area contributed by atoms with E-state index in [0.29, 0.717) is 31.5 Å². The average Bonchev–Trinajstić information content (AvgIpc) is 3.68. The number of carbonyl (C=O) groups is 2. The van der Waals surface area contributed by atoms with Gasteiger partial charge in [-0.3, -0.25) is 9.59 Å². The third-order valence-electron chi connectivity index (χ3n) is 12.4. The quantitative estimate of drug-likeness (QED) is 0.0517. The Morgan fingerprint density at radius 3 is 1.81 bits per heavy atom. The molecule has 0 N–H and O–H groups in total. The second-order valence-corrected chi connectivity index (χ2v) is 17.7. The number of fused-ring (bicyclic) bond motifs is 3. The number of rotatable bonds is 34. The number of unbranched alkanes of at least 4 members (excludes halogenated alkanes) is 12. The Bertz CT molecular complexity index is 985. The molecule has 0 aliphatic heterocycles. The molecule has 0 unspecified atom stereocenters. The molecule has 7 heteroatoms. The van der Waals surface area contributed by atoms with Gasteiger partial charge in [0.25, 0.3) is 0 Å². The van der Waals surface area contributed by atoms with Gasteiger partial charge in [-0.05, 0) is 120 Å². The molecular weight excluding hydrogens is 665 g/mol. The van der Waals surface area contributed by atoms with Gasteiger partial charge >= 0.3 is 11.9 Å². The smallest absolute Gasteiger partial charge is 0.305 e. The lowest BCUT2D eigenvalue weighted by molar-refractivity contribution is -0.145. The fourth-order valence-electron chi connectivity index (χ4n) is 8.81. The molecule has 3 saturated carbocycles. The van der Waals surface area contributed by atoms with Crippen LogP contribution in [0.4, 0.5) is 0 Å². The number of nitrogens with zero attached hydrogens (tertiary/aromatic N) is 2. The molecule has 3 fully saturated rings. The summed E-state index contributed by atoms with van der Waals surface area (Å²) in [6.45, 7) is 9.23. The molecule has 0 amide bonds. The zero-order valence-corrected chi connectivity index (χ0v) is 34.8. The van der Waals surface area contributed by atoms with Gasteiger partial charge in [0.15, 0.2) is 0 Å². The Kier molecular flexibility index (Phi) is 25.0. The summed E-state index contributed by atoms with van der Waals surface area (Å²) in [5.41, 5.74) is 0.492. The number of aryl methyl sites for hydroxylation is 1. The van der Waals surface area contributed by atoms with Gasteiger partial charge in [0, 0.05) is 30.8 Å². The van der Waals surface area contributed by atoms with Gasteiger partial charge in [-0.1, -0.05) is 104 Å². The number of hydrogen-bond acceptors (Lipinski definition) is 7. The van der Waals surface area contributed by atoms with Crippen LogP contribution in [-0.2, 0) is 25.5 Å². The molecule has 3 aliphatic carbocycles. The van der Waals surface area contributed by atoms with Crippen molar-refractivity contribution in [3.05, 3.63) is 16.6 Å². The lowest BCUT2D eigenvalue weighted by atomic mass is 9.59. The van der Waals surface area contributed by atoms with Crippen LogP contribution in [0, 0.1) is 17.3 Å². The molecule has 1 aromatic rings. The predicted molar refractivity (Wildman–Crippen MR) is 219 cm³/mol. The fraction of sp³-hybridized carbons (Fsp3) is 0.889. The molecule has 4 rings (SSSR count). The third-order valence-corrected chi connectivity index (χ3v) is 13.3. The predicted octanol–water partition coefficient (Wildman–Crippen LogP) is 12.7. The molecule has 1 heterocycles. The van der Waals surface area contributed by atoms with Gasteiger partial charge < -0.3 is 14.4 Å². The van der Waals surface area contributed by atoms with Crippen molar-refractivity contribution >= 4 is 23.3 Å². The van der Waals surface area contributed by atoms with Crippen LogP contribution in [0.3, 0.4) is 0 Å². The van der Waals surface area contributed by atoms with Crippen molar-refractivity contribution in [2.24, 2.45) is 17.3 Å². The maximum absolute atomic E-state index is 12.4. The van der Waals surface area contributed by atoms with Crippen molar-refractivity contribution in [1.29, 1.82) is 0 Å². The van der Waals surface area contributed by atoms with Gasteiger partial charge in [-0.2, -0.15) is 0 Å². The molecule has 0 aromatic carbocycles. The van der Waals surface area contributed by atoms with Crippen LogP contribution in [0.5, 0.6) is 0 Å². The van der Waals surface area contributed by atoms with Crippen molar-refractivity contribution in [3.63, 3.8) is 0 Å². The number of esters is 2. The zero-order chi connectivity index (χ0) is 37.0. The van der Waals surface area contributed by atoms with Gasteiger partial charge in [0.1, 0.15) is 0 Å². The Balaban J connectivity index is 1.19. The van der Waals surface area contributed by atoms with Crippen LogP contribution in [-0.4, -0.2) is 54.7 Å². The summed E-state index contributed by atoms with van der Waals surface area (Å²) in [4.78, 5) is 31.9. The number of aromatic nitrogens is 1. The normalized spacial score (nSPS) is 18.4. The molecular formula is C45H80N2O4S. The van der Waals surface area contributed by atoms with E-state index < -0.39 is 0 Å². The van der Waals surface area contributed by atoms with E-state index in [0.717, 1.165) is 82.8 Å². The molecule has 52 heavy (non-hydrogen) atoms. The van der Waals surface area contributed by atoms with E-state index in [1.54, 1.807) is 11.3 Å². The zero-order valence-electron chi connectivity index (χ0n) is 34.0. The van der Waals surface area contributed by atoms with Crippen molar-refractivity contribution < 1.29 is 19.1 Å². The number of hydrogen-bond donors (Lipinski definition) is 0. The van der Waals surface area contributed by atoms with Gasteiger partial charge in [-0.15, -0.1) is 11.3 Å². The minimum atomic E-state index is 0.00305. The molecule has 0 atom stereocenters. The number of carbonyl (C=O) groups excluding carboxylic acids is 2. The lowest BCUT2D eigenvalue weighted by Crippen LogP contribution is -2.35. The van der Waals surface area contributed by atoms with Crippen LogP contribution in [0.1, 0.15) is 205 Å². The van der Waals surface area contributed by atoms with Crippen molar-refractivity contribution in [3.8, 4) is 0 Å². The van der Waals surface area contributed by atoms with Gasteiger partial charge in [0.05, 0.1) is 18.2 Å². The SMILES string of the molecule is CCCCCC(CCCCC)CCOC(=O)CCCCCCCN(CCCCCCCC(=O)OCCC12CCC(CC1)CC2)CCCc1nccs1. The molecule has 1 aromatic heterocycles. The van der Waals surface area contributed by atoms with Gasteiger partial charge in [0.2, 0.25) is 0 Å². The van der Waals surface area contributed by atoms with E-state index >= 15 is 0 Å². The summed E-state index contributed by atoms with van der Waals surface area (Å²) in [6, 6.07) is 0. The Labute approximate surface area is 324 Å². The molecule has 6 nitrogen and oxygen atoms in total. The standard InChI is InChI=1S/C45H80N2O4S/c1-3-5-13-20-40(21-14-6-4-2)28-37-50-43(48)23-15-9-7-11-17-34-47(36-19-22-42-46-33-39-52-42)35-18-12-8-10-16-24-44(49)51-38-32-45-29-25-41(26-30-45)27-31-45/h33,39-41H,3-32,34-38H2,1-2H3. The summed E-state index contributed by atoms with van der Waals surface area (Å²) >= 11 is 1.77. The van der Waals surface area contributed by atoms with Gasteiger partial charge in [-0.25, -0.2) is 4.98 Å². The minimum Gasteiger partial charge on any atom is -0.466 e. The van der Waals surface area contributed by atoms with Crippen LogP contribution >= 0.6 is 11.3 Å². The molecule has 0 saturated heterocycles. The maximum Gasteiger partial charge on any atom is 0.305 e. The van der Waals surface area contributed by atoms with Crippen molar-refractivity contribution in [1.82, 2.24) is 9.88 Å². The summed E-state index contributed by atoms with van der Waals surface area (Å²) in [5.74, 6) is 1.72. The maximum atomic E-state index is 12.4. The van der Waals surface area contributed by atoms with E-state index in [9.17, 15) is 9.59 Å².